The van der Waals surface area contributed by atoms with Crippen LogP contribution < -0.4 is 0 Å². The van der Waals surface area contributed by atoms with Crippen molar-refractivity contribution >= 4 is 29.5 Å². The molecule has 9 heteroatoms. The summed E-state index contributed by atoms with van der Waals surface area (Å²) < 4.78 is 5.49. The van der Waals surface area contributed by atoms with Crippen LogP contribution in [0, 0.1) is 11.8 Å². The highest BCUT2D eigenvalue weighted by atomic mass is 32.2. The van der Waals surface area contributed by atoms with E-state index >= 15 is 0 Å². The maximum Gasteiger partial charge on any atom is 0.353 e. The lowest BCUT2D eigenvalue weighted by molar-refractivity contribution is -0.163. The average Bonchev–Trinajstić information content (AvgIpc) is 3.06. The maximum absolute atomic E-state index is 12.4. The van der Waals surface area contributed by atoms with Crippen molar-refractivity contribution in [2.24, 2.45) is 11.8 Å². The lowest BCUT2D eigenvalue weighted by Crippen LogP contribution is -2.63. The number of fused-ring (bicyclic) bond motifs is 1. The number of methoxy groups -OCH3 is 1. The summed E-state index contributed by atoms with van der Waals surface area (Å²) in [4.78, 5) is 39.5. The second-order valence-corrected chi connectivity index (χ2v) is 8.41. The molecule has 3 aliphatic heterocycles. The highest BCUT2D eigenvalue weighted by Crippen LogP contribution is 2.52. The molecule has 2 N–H and O–H groups in total. The minimum atomic E-state index is -1.14. The van der Waals surface area contributed by atoms with Crippen molar-refractivity contribution in [3.63, 3.8) is 0 Å². The lowest BCUT2D eigenvalue weighted by Gasteiger charge is -2.46. The van der Waals surface area contributed by atoms with Crippen molar-refractivity contribution in [2.45, 2.75) is 44.3 Å². The minimum absolute atomic E-state index is 0.00512. The van der Waals surface area contributed by atoms with Crippen molar-refractivity contribution in [3.05, 3.63) is 10.6 Å². The first-order valence-corrected chi connectivity index (χ1v) is 9.50. The third kappa shape index (κ3) is 2.82. The number of β-lactam (4-membered cyclic amide) rings is 1. The maximum atomic E-state index is 12.4. The number of hydrogen-bond acceptors (Lipinski definition) is 6. The Hall–Kier alpha value is -1.58. The number of ether oxygens (including phenoxy) is 1. The van der Waals surface area contributed by atoms with Crippen LogP contribution in [0.5, 0.6) is 0 Å². The quantitative estimate of drug-likeness (QED) is 0.648. The number of thioether (sulfide) groups is 1. The van der Waals surface area contributed by atoms with Gasteiger partial charge in [0.05, 0.1) is 29.4 Å². The fourth-order valence-electron chi connectivity index (χ4n) is 4.18. The molecule has 0 aliphatic carbocycles. The molecule has 2 saturated heterocycles. The fraction of sp³-hybridized carbons (Fsp3) is 0.706. The number of carbonyl (C=O) groups excluding carboxylic acids is 2. The molecule has 144 valence electrons. The van der Waals surface area contributed by atoms with Gasteiger partial charge in [-0.1, -0.05) is 6.92 Å². The molecule has 0 spiro atoms. The third-order valence-corrected chi connectivity index (χ3v) is 7.13. The smallest absolute Gasteiger partial charge is 0.353 e. The Kier molecular flexibility index (Phi) is 5.06. The Balaban J connectivity index is 1.88. The van der Waals surface area contributed by atoms with Crippen molar-refractivity contribution in [3.8, 4) is 0 Å². The summed E-state index contributed by atoms with van der Waals surface area (Å²) in [5.74, 6) is -2.30. The van der Waals surface area contributed by atoms with Gasteiger partial charge >= 0.3 is 5.97 Å². The van der Waals surface area contributed by atoms with Crippen LogP contribution in [0.3, 0.4) is 0 Å². The van der Waals surface area contributed by atoms with Gasteiger partial charge in [0.1, 0.15) is 5.70 Å². The van der Waals surface area contributed by atoms with Crippen molar-refractivity contribution < 1.29 is 29.3 Å². The number of amides is 2. The number of carboxylic acids is 1. The Morgan fingerprint density at radius 2 is 2.00 bits per heavy atom. The SMILES string of the molecule is COC1CN(C(C)=O)CC1SC1=C(C(=O)O)N2C(=O)C(C(C)O)[C@H]2C1C. The summed E-state index contributed by atoms with van der Waals surface area (Å²) in [5, 5.41) is 19.5. The average molecular weight is 384 g/mol. The zero-order chi connectivity index (χ0) is 19.3. The summed E-state index contributed by atoms with van der Waals surface area (Å²) >= 11 is 1.38. The number of nitrogens with zero attached hydrogens (tertiary/aromatic N) is 2. The van der Waals surface area contributed by atoms with Crippen molar-refractivity contribution in [2.75, 3.05) is 20.2 Å². The van der Waals surface area contributed by atoms with Crippen molar-refractivity contribution in [1.29, 1.82) is 0 Å². The lowest BCUT2D eigenvalue weighted by atomic mass is 9.79. The molecule has 3 rings (SSSR count). The van der Waals surface area contributed by atoms with E-state index < -0.39 is 18.0 Å². The van der Waals surface area contributed by atoms with Crippen LogP contribution >= 0.6 is 11.8 Å². The third-order valence-electron chi connectivity index (χ3n) is 5.55. The number of aliphatic hydroxyl groups is 1. The van der Waals surface area contributed by atoms with Crippen LogP contribution in [-0.2, 0) is 19.1 Å². The predicted octanol–water partition coefficient (Wildman–Crippen LogP) is 0.119. The summed E-state index contributed by atoms with van der Waals surface area (Å²) in [6.45, 7) is 5.88. The van der Waals surface area contributed by atoms with E-state index in [0.29, 0.717) is 18.0 Å². The molecule has 6 atom stereocenters. The standard InChI is InChI=1S/C17H24N2O6S/c1-7-13-12(8(2)20)16(22)19(13)14(17(23)24)15(7)26-11-6-18(9(3)21)5-10(11)25-4/h7-8,10-13,20H,5-6H2,1-4H3,(H,23,24)/t7?,8?,10?,11?,12?,13-/m1/s1. The van der Waals surface area contributed by atoms with E-state index in [1.165, 1.54) is 23.6 Å². The molecule has 0 aromatic heterocycles. The number of hydrogen-bond donors (Lipinski definition) is 2. The molecule has 3 heterocycles. The van der Waals surface area contributed by atoms with E-state index in [-0.39, 0.29) is 40.8 Å². The topological polar surface area (TPSA) is 107 Å². The van der Waals surface area contributed by atoms with Gasteiger partial charge in [0.15, 0.2) is 0 Å². The number of carbonyl (C=O) groups is 3. The Morgan fingerprint density at radius 1 is 1.35 bits per heavy atom. The first-order valence-electron chi connectivity index (χ1n) is 8.62. The number of carboxylic acid groups (broad SMARTS) is 1. The van der Waals surface area contributed by atoms with E-state index in [9.17, 15) is 24.6 Å². The zero-order valence-electron chi connectivity index (χ0n) is 15.2. The monoisotopic (exact) mass is 384 g/mol. The summed E-state index contributed by atoms with van der Waals surface area (Å²) in [7, 11) is 1.58. The second kappa shape index (κ2) is 6.86. The predicted molar refractivity (Wildman–Crippen MR) is 94.1 cm³/mol. The van der Waals surface area contributed by atoms with E-state index in [1.54, 1.807) is 18.9 Å². The number of aliphatic hydroxyl groups excluding tert-OH is 1. The minimum Gasteiger partial charge on any atom is -0.477 e. The van der Waals surface area contributed by atoms with Gasteiger partial charge in [0, 0.05) is 37.9 Å². The summed E-state index contributed by atoms with van der Waals surface area (Å²) in [6.07, 6.45) is -1.02. The van der Waals surface area contributed by atoms with Gasteiger partial charge in [-0.3, -0.25) is 9.59 Å². The van der Waals surface area contributed by atoms with E-state index in [2.05, 4.69) is 0 Å². The second-order valence-electron chi connectivity index (χ2n) is 7.13. The molecule has 5 unspecified atom stereocenters. The van der Waals surface area contributed by atoms with Crippen molar-refractivity contribution in [1.82, 2.24) is 9.80 Å². The summed E-state index contributed by atoms with van der Waals surface area (Å²) in [5.41, 5.74) is 0.00512. The van der Waals surface area contributed by atoms with Crippen LogP contribution in [0.1, 0.15) is 20.8 Å². The fourth-order valence-corrected chi connectivity index (χ4v) is 5.76. The molecule has 2 amide bonds. The number of aliphatic carboxylic acids is 1. The van der Waals surface area contributed by atoms with Crippen LogP contribution in [0.25, 0.3) is 0 Å². The largest absolute Gasteiger partial charge is 0.477 e. The number of likely N-dealkylation sites (tertiary alicyclic amines) is 1. The van der Waals surface area contributed by atoms with Gasteiger partial charge in [-0.05, 0) is 6.92 Å². The van der Waals surface area contributed by atoms with Gasteiger partial charge in [0.2, 0.25) is 11.8 Å². The van der Waals surface area contributed by atoms with Gasteiger partial charge in [-0.15, -0.1) is 11.8 Å². The molecule has 0 bridgehead atoms. The molecule has 26 heavy (non-hydrogen) atoms. The molecular weight excluding hydrogens is 360 g/mol. The van der Waals surface area contributed by atoms with Crippen LogP contribution in [0.4, 0.5) is 0 Å². The van der Waals surface area contributed by atoms with Gasteiger partial charge < -0.3 is 24.7 Å². The Morgan fingerprint density at radius 3 is 2.50 bits per heavy atom. The van der Waals surface area contributed by atoms with Gasteiger partial charge in [0.25, 0.3) is 0 Å². The summed E-state index contributed by atoms with van der Waals surface area (Å²) in [6, 6.07) is -0.331. The highest BCUT2D eigenvalue weighted by molar-refractivity contribution is 8.03. The Labute approximate surface area is 156 Å². The normalized spacial score (nSPS) is 34.8. The zero-order valence-corrected chi connectivity index (χ0v) is 16.0. The molecule has 3 aliphatic rings. The van der Waals surface area contributed by atoms with E-state index in [0.717, 1.165) is 0 Å². The molecule has 2 fully saturated rings. The molecular formula is C17H24N2O6S. The van der Waals surface area contributed by atoms with Crippen LogP contribution in [-0.4, -0.2) is 81.5 Å². The molecule has 0 saturated carbocycles. The van der Waals surface area contributed by atoms with Crippen LogP contribution in [0.15, 0.2) is 10.6 Å². The first-order chi connectivity index (χ1) is 12.2. The Bertz CT molecular complexity index is 678. The van der Waals surface area contributed by atoms with E-state index in [1.807, 2.05) is 6.92 Å². The van der Waals surface area contributed by atoms with E-state index in [4.69, 9.17) is 4.74 Å². The van der Waals surface area contributed by atoms with Crippen LogP contribution in [0.2, 0.25) is 0 Å². The van der Waals surface area contributed by atoms with Gasteiger partial charge in [-0.25, -0.2) is 4.79 Å². The first kappa shape index (κ1) is 19.2. The molecule has 8 nitrogen and oxygen atoms in total. The molecule has 0 aromatic carbocycles. The van der Waals surface area contributed by atoms with Gasteiger partial charge in [-0.2, -0.15) is 0 Å². The number of rotatable bonds is 5. The highest BCUT2D eigenvalue weighted by Gasteiger charge is 2.60. The molecule has 0 aromatic rings. The molecule has 0 radical (unpaired) electrons.